The zero-order valence-electron chi connectivity index (χ0n) is 9.93. The van der Waals surface area contributed by atoms with Crippen LogP contribution in [0, 0.1) is 0 Å². The van der Waals surface area contributed by atoms with Gasteiger partial charge in [0.25, 0.3) is 0 Å². The summed E-state index contributed by atoms with van der Waals surface area (Å²) in [7, 11) is 0. The number of hydrogen-bond acceptors (Lipinski definition) is 4. The minimum absolute atomic E-state index is 0.260. The highest BCUT2D eigenvalue weighted by molar-refractivity contribution is 6.03. The number of carbonyl (C=O) groups is 1. The standard InChI is InChI=1S/C13H11N3O3/c17-13(18)12-6-11(15-19-12)9-7-14-16(8-9)10-4-2-1-3-5-10/h1-5,7-8,12H,6H2,(H,17,18). The maximum Gasteiger partial charge on any atom is 0.348 e. The quantitative estimate of drug-likeness (QED) is 0.902. The Hall–Kier alpha value is -2.63. The van der Waals surface area contributed by atoms with E-state index in [-0.39, 0.29) is 6.42 Å². The molecule has 1 unspecified atom stereocenters. The number of hydrogen-bond donors (Lipinski definition) is 1. The molecular formula is C13H11N3O3. The van der Waals surface area contributed by atoms with Crippen LogP contribution in [-0.4, -0.2) is 32.7 Å². The van der Waals surface area contributed by atoms with E-state index in [1.165, 1.54) is 0 Å². The second-order valence-electron chi connectivity index (χ2n) is 4.18. The maximum absolute atomic E-state index is 10.8. The lowest BCUT2D eigenvalue weighted by Gasteiger charge is -1.99. The first-order chi connectivity index (χ1) is 9.24. The minimum atomic E-state index is -1.01. The molecule has 1 atom stereocenters. The van der Waals surface area contributed by atoms with Gasteiger partial charge in [-0.25, -0.2) is 9.48 Å². The van der Waals surface area contributed by atoms with Crippen molar-refractivity contribution in [2.75, 3.05) is 0 Å². The van der Waals surface area contributed by atoms with E-state index < -0.39 is 12.1 Å². The number of aromatic nitrogens is 2. The van der Waals surface area contributed by atoms with Crippen molar-refractivity contribution in [1.82, 2.24) is 9.78 Å². The molecule has 2 aromatic rings. The third-order valence-electron chi connectivity index (χ3n) is 2.88. The van der Waals surface area contributed by atoms with Crippen LogP contribution < -0.4 is 0 Å². The molecule has 0 aliphatic carbocycles. The van der Waals surface area contributed by atoms with Crippen LogP contribution in [0.25, 0.3) is 5.69 Å². The Kier molecular flexibility index (Phi) is 2.75. The van der Waals surface area contributed by atoms with Gasteiger partial charge in [-0.3, -0.25) is 0 Å². The average Bonchev–Trinajstić information content (AvgIpc) is 3.09. The number of aliphatic carboxylic acids is 1. The fraction of sp³-hybridized carbons (Fsp3) is 0.154. The SMILES string of the molecule is O=C(O)C1CC(c2cnn(-c3ccccc3)c2)=NO1. The Bertz CT molecular complexity index is 634. The summed E-state index contributed by atoms with van der Waals surface area (Å²) in [6.45, 7) is 0. The van der Waals surface area contributed by atoms with Gasteiger partial charge in [-0.15, -0.1) is 0 Å². The molecule has 0 fully saturated rings. The molecule has 0 saturated carbocycles. The fourth-order valence-electron chi connectivity index (χ4n) is 1.87. The summed E-state index contributed by atoms with van der Waals surface area (Å²) in [5, 5.41) is 16.9. The normalized spacial score (nSPS) is 17.9. The van der Waals surface area contributed by atoms with Gasteiger partial charge in [0.05, 0.1) is 17.6 Å². The molecule has 0 radical (unpaired) electrons. The van der Waals surface area contributed by atoms with E-state index >= 15 is 0 Å². The Morgan fingerprint density at radius 2 is 2.16 bits per heavy atom. The Morgan fingerprint density at radius 3 is 2.84 bits per heavy atom. The molecule has 6 nitrogen and oxygen atoms in total. The molecule has 19 heavy (non-hydrogen) atoms. The molecule has 0 bridgehead atoms. The lowest BCUT2D eigenvalue weighted by molar-refractivity contribution is -0.148. The van der Waals surface area contributed by atoms with Crippen molar-refractivity contribution in [3.63, 3.8) is 0 Å². The van der Waals surface area contributed by atoms with Gasteiger partial charge in [0, 0.05) is 18.2 Å². The van der Waals surface area contributed by atoms with Gasteiger partial charge in [0.2, 0.25) is 6.10 Å². The number of rotatable bonds is 3. The highest BCUT2D eigenvalue weighted by atomic mass is 16.7. The first-order valence-electron chi connectivity index (χ1n) is 5.80. The van der Waals surface area contributed by atoms with Crippen LogP contribution in [0.15, 0.2) is 47.9 Å². The highest BCUT2D eigenvalue weighted by Crippen LogP contribution is 2.17. The Morgan fingerprint density at radius 1 is 1.37 bits per heavy atom. The third-order valence-corrected chi connectivity index (χ3v) is 2.88. The van der Waals surface area contributed by atoms with Gasteiger partial charge < -0.3 is 9.94 Å². The Labute approximate surface area is 108 Å². The highest BCUT2D eigenvalue weighted by Gasteiger charge is 2.28. The molecule has 0 saturated heterocycles. The zero-order valence-corrected chi connectivity index (χ0v) is 9.93. The van der Waals surface area contributed by atoms with E-state index in [0.717, 1.165) is 11.3 Å². The molecule has 96 valence electrons. The number of oxime groups is 1. The van der Waals surface area contributed by atoms with Crippen molar-refractivity contribution in [3.05, 3.63) is 48.3 Å². The second kappa shape index (κ2) is 4.56. The van der Waals surface area contributed by atoms with E-state index in [1.807, 2.05) is 36.5 Å². The van der Waals surface area contributed by atoms with E-state index in [1.54, 1.807) is 10.9 Å². The molecule has 1 aliphatic rings. The van der Waals surface area contributed by atoms with Crippen molar-refractivity contribution in [3.8, 4) is 5.69 Å². The van der Waals surface area contributed by atoms with Gasteiger partial charge in [0.1, 0.15) is 0 Å². The summed E-state index contributed by atoms with van der Waals surface area (Å²) >= 11 is 0. The van der Waals surface area contributed by atoms with Crippen LogP contribution in [0.5, 0.6) is 0 Å². The number of carboxylic acid groups (broad SMARTS) is 1. The first kappa shape index (κ1) is 11.5. The number of para-hydroxylation sites is 1. The van der Waals surface area contributed by atoms with Crippen LogP contribution >= 0.6 is 0 Å². The molecule has 1 aliphatic heterocycles. The molecule has 1 aromatic carbocycles. The zero-order chi connectivity index (χ0) is 13.2. The van der Waals surface area contributed by atoms with E-state index in [4.69, 9.17) is 9.94 Å². The summed E-state index contributed by atoms with van der Waals surface area (Å²) in [6, 6.07) is 9.65. The number of benzene rings is 1. The van der Waals surface area contributed by atoms with Crippen molar-refractivity contribution in [2.24, 2.45) is 5.16 Å². The summed E-state index contributed by atoms with van der Waals surface area (Å²) in [6.07, 6.45) is 2.83. The van der Waals surface area contributed by atoms with Crippen LogP contribution in [0.1, 0.15) is 12.0 Å². The molecule has 6 heteroatoms. The van der Waals surface area contributed by atoms with Gasteiger partial charge in [-0.05, 0) is 12.1 Å². The molecular weight excluding hydrogens is 246 g/mol. The largest absolute Gasteiger partial charge is 0.478 e. The average molecular weight is 257 g/mol. The van der Waals surface area contributed by atoms with Crippen LogP contribution in [0.3, 0.4) is 0 Å². The fourth-order valence-corrected chi connectivity index (χ4v) is 1.87. The van der Waals surface area contributed by atoms with Crippen molar-refractivity contribution in [2.45, 2.75) is 12.5 Å². The minimum Gasteiger partial charge on any atom is -0.478 e. The van der Waals surface area contributed by atoms with Crippen molar-refractivity contribution in [1.29, 1.82) is 0 Å². The van der Waals surface area contributed by atoms with Crippen LogP contribution in [-0.2, 0) is 9.63 Å². The topological polar surface area (TPSA) is 76.7 Å². The van der Waals surface area contributed by atoms with Gasteiger partial charge in [-0.1, -0.05) is 23.4 Å². The molecule has 1 aromatic heterocycles. The molecule has 0 spiro atoms. The molecule has 3 rings (SSSR count). The second-order valence-corrected chi connectivity index (χ2v) is 4.18. The monoisotopic (exact) mass is 257 g/mol. The first-order valence-corrected chi connectivity index (χ1v) is 5.80. The summed E-state index contributed by atoms with van der Waals surface area (Å²) in [4.78, 5) is 15.6. The lowest BCUT2D eigenvalue weighted by Crippen LogP contribution is -2.19. The van der Waals surface area contributed by atoms with Gasteiger partial charge in [-0.2, -0.15) is 5.10 Å². The molecule has 2 heterocycles. The van der Waals surface area contributed by atoms with Crippen LogP contribution in [0.4, 0.5) is 0 Å². The smallest absolute Gasteiger partial charge is 0.348 e. The van der Waals surface area contributed by atoms with Crippen LogP contribution in [0.2, 0.25) is 0 Å². The van der Waals surface area contributed by atoms with E-state index in [0.29, 0.717) is 5.71 Å². The van der Waals surface area contributed by atoms with E-state index in [9.17, 15) is 4.79 Å². The Balaban J connectivity index is 1.82. The summed E-state index contributed by atoms with van der Waals surface area (Å²) < 4.78 is 1.71. The number of nitrogens with zero attached hydrogens (tertiary/aromatic N) is 3. The lowest BCUT2D eigenvalue weighted by atomic mass is 10.1. The van der Waals surface area contributed by atoms with Crippen molar-refractivity contribution >= 4 is 11.7 Å². The molecule has 1 N–H and O–H groups in total. The predicted octanol–water partition coefficient (Wildman–Crippen LogP) is 1.45. The van der Waals surface area contributed by atoms with Crippen molar-refractivity contribution < 1.29 is 14.7 Å². The van der Waals surface area contributed by atoms with E-state index in [2.05, 4.69) is 10.3 Å². The van der Waals surface area contributed by atoms with Gasteiger partial charge in [0.15, 0.2) is 0 Å². The summed E-state index contributed by atoms with van der Waals surface area (Å²) in [5.41, 5.74) is 2.31. The molecule has 0 amide bonds. The predicted molar refractivity (Wildman–Crippen MR) is 67.2 cm³/mol. The summed E-state index contributed by atoms with van der Waals surface area (Å²) in [5.74, 6) is -1.01. The van der Waals surface area contributed by atoms with Gasteiger partial charge >= 0.3 is 5.97 Å². The number of carboxylic acids is 1. The third kappa shape index (κ3) is 2.20. The maximum atomic E-state index is 10.8.